The third-order valence-corrected chi connectivity index (χ3v) is 6.14. The van der Waals surface area contributed by atoms with E-state index in [4.69, 9.17) is 0 Å². The van der Waals surface area contributed by atoms with Crippen LogP contribution in [0.15, 0.2) is 54.6 Å². The molecule has 1 atom stereocenters. The highest BCUT2D eigenvalue weighted by molar-refractivity contribution is 5.83. The number of piperidine rings is 1. The zero-order valence-electron chi connectivity index (χ0n) is 18.7. The molecule has 0 aromatic heterocycles. The Balaban J connectivity index is 1.57. The van der Waals surface area contributed by atoms with Crippen molar-refractivity contribution in [3.05, 3.63) is 71.3 Å². The smallest absolute Gasteiger partial charge is 0.352 e. The van der Waals surface area contributed by atoms with E-state index in [0.29, 0.717) is 12.1 Å². The van der Waals surface area contributed by atoms with E-state index >= 15 is 0 Å². The number of hydrogen-bond acceptors (Lipinski definition) is 3. The van der Waals surface area contributed by atoms with E-state index in [2.05, 4.69) is 29.0 Å². The lowest BCUT2D eigenvalue weighted by Crippen LogP contribution is -2.48. The van der Waals surface area contributed by atoms with Crippen molar-refractivity contribution in [3.63, 3.8) is 0 Å². The third-order valence-electron chi connectivity index (χ3n) is 6.14. The van der Waals surface area contributed by atoms with Crippen LogP contribution < -0.4 is 5.32 Å². The van der Waals surface area contributed by atoms with Crippen LogP contribution in [0.5, 0.6) is 0 Å². The molecule has 4 nitrogen and oxygen atoms in total. The summed E-state index contributed by atoms with van der Waals surface area (Å²) in [5.74, 6) is 0.0104. The highest BCUT2D eigenvalue weighted by Gasteiger charge is 2.31. The molecule has 1 unspecified atom stereocenters. The monoisotopic (exact) mass is 447 g/mol. The number of rotatable bonds is 8. The number of nitrogens with zero attached hydrogens (tertiary/aromatic N) is 2. The van der Waals surface area contributed by atoms with Crippen molar-refractivity contribution in [2.24, 2.45) is 0 Å². The maximum atomic E-state index is 13.2. The Hall–Kier alpha value is -2.38. The zero-order valence-corrected chi connectivity index (χ0v) is 18.7. The van der Waals surface area contributed by atoms with E-state index < -0.39 is 11.7 Å². The van der Waals surface area contributed by atoms with Gasteiger partial charge in [0.2, 0.25) is 5.91 Å². The Bertz CT molecular complexity index is 860. The van der Waals surface area contributed by atoms with Gasteiger partial charge in [-0.15, -0.1) is 0 Å². The fraction of sp³-hybridized carbons (Fsp3) is 0.480. The number of likely N-dealkylation sites (N-methyl/N-ethyl adjacent to an activating group) is 1. The summed E-state index contributed by atoms with van der Waals surface area (Å²) in [6.45, 7) is 7.62. The standard InChI is InChI=1S/C25H32F3N3O/c1-3-31(4-2)23(20-10-6-5-7-11-20)24(32)29-22-13-15-30(16-14-22)18-19-9-8-12-21(17-19)25(26,27)28/h5-12,17,22-23H,3-4,13-16,18H2,1-2H3,(H,29,32). The molecule has 174 valence electrons. The molecular weight excluding hydrogens is 415 g/mol. The second-order valence-corrected chi connectivity index (χ2v) is 8.29. The summed E-state index contributed by atoms with van der Waals surface area (Å²) in [5, 5.41) is 3.22. The van der Waals surface area contributed by atoms with E-state index in [1.54, 1.807) is 6.07 Å². The second-order valence-electron chi connectivity index (χ2n) is 8.29. The van der Waals surface area contributed by atoms with Crippen molar-refractivity contribution in [1.29, 1.82) is 0 Å². The molecule has 7 heteroatoms. The number of nitrogens with one attached hydrogen (secondary N) is 1. The molecule has 1 amide bonds. The summed E-state index contributed by atoms with van der Waals surface area (Å²) in [4.78, 5) is 17.5. The van der Waals surface area contributed by atoms with Crippen LogP contribution in [0.25, 0.3) is 0 Å². The van der Waals surface area contributed by atoms with Gasteiger partial charge in [-0.1, -0.05) is 62.4 Å². The minimum Gasteiger partial charge on any atom is -0.352 e. The molecule has 1 N–H and O–H groups in total. The lowest BCUT2D eigenvalue weighted by molar-refractivity contribution is -0.137. The molecule has 2 aromatic carbocycles. The minimum absolute atomic E-state index is 0.0104. The molecule has 1 fully saturated rings. The lowest BCUT2D eigenvalue weighted by Gasteiger charge is -2.35. The molecule has 1 saturated heterocycles. The first-order valence-electron chi connectivity index (χ1n) is 11.3. The summed E-state index contributed by atoms with van der Waals surface area (Å²) < 4.78 is 38.9. The van der Waals surface area contributed by atoms with Crippen LogP contribution >= 0.6 is 0 Å². The van der Waals surface area contributed by atoms with Crippen LogP contribution in [-0.4, -0.2) is 47.9 Å². The molecule has 0 bridgehead atoms. The van der Waals surface area contributed by atoms with Crippen LogP contribution in [0.2, 0.25) is 0 Å². The van der Waals surface area contributed by atoms with Crippen LogP contribution in [0.3, 0.4) is 0 Å². The fourth-order valence-corrected chi connectivity index (χ4v) is 4.37. The van der Waals surface area contributed by atoms with E-state index in [1.165, 1.54) is 12.1 Å². The first-order valence-corrected chi connectivity index (χ1v) is 11.3. The van der Waals surface area contributed by atoms with Gasteiger partial charge in [0.25, 0.3) is 0 Å². The summed E-state index contributed by atoms with van der Waals surface area (Å²) >= 11 is 0. The molecule has 1 aliphatic rings. The summed E-state index contributed by atoms with van der Waals surface area (Å²) in [6.07, 6.45) is -2.76. The van der Waals surface area contributed by atoms with Crippen LogP contribution in [0.4, 0.5) is 13.2 Å². The average Bonchev–Trinajstić information content (AvgIpc) is 2.79. The molecule has 0 radical (unpaired) electrons. The van der Waals surface area contributed by atoms with E-state index in [-0.39, 0.29) is 18.0 Å². The number of hydrogen-bond donors (Lipinski definition) is 1. The van der Waals surface area contributed by atoms with Gasteiger partial charge in [0.15, 0.2) is 0 Å². The molecular formula is C25H32F3N3O. The van der Waals surface area contributed by atoms with Crippen LogP contribution in [0, 0.1) is 0 Å². The number of carbonyl (C=O) groups is 1. The Morgan fingerprint density at radius 1 is 1.06 bits per heavy atom. The number of carbonyl (C=O) groups excluding carboxylic acids is 1. The predicted molar refractivity (Wildman–Crippen MR) is 120 cm³/mol. The zero-order chi connectivity index (χ0) is 23.1. The second kappa shape index (κ2) is 11.0. The quantitative estimate of drug-likeness (QED) is 0.627. The van der Waals surface area contributed by atoms with Gasteiger partial charge >= 0.3 is 6.18 Å². The normalized spacial score (nSPS) is 16.8. The number of likely N-dealkylation sites (tertiary alicyclic amines) is 1. The number of alkyl halides is 3. The minimum atomic E-state index is -4.33. The molecule has 0 saturated carbocycles. The fourth-order valence-electron chi connectivity index (χ4n) is 4.37. The summed E-state index contributed by atoms with van der Waals surface area (Å²) in [5.41, 5.74) is 1.03. The highest BCUT2D eigenvalue weighted by Crippen LogP contribution is 2.30. The molecule has 1 aliphatic heterocycles. The Morgan fingerprint density at radius 3 is 2.31 bits per heavy atom. The van der Waals surface area contributed by atoms with Gasteiger partial charge < -0.3 is 5.32 Å². The van der Waals surface area contributed by atoms with Crippen molar-refractivity contribution < 1.29 is 18.0 Å². The third kappa shape index (κ3) is 6.33. The molecule has 2 aromatic rings. The Morgan fingerprint density at radius 2 is 1.72 bits per heavy atom. The number of amides is 1. The van der Waals surface area contributed by atoms with Gasteiger partial charge in [0.05, 0.1) is 5.56 Å². The Labute approximate surface area is 188 Å². The largest absolute Gasteiger partial charge is 0.416 e. The van der Waals surface area contributed by atoms with E-state index in [0.717, 1.165) is 50.7 Å². The van der Waals surface area contributed by atoms with Gasteiger partial charge in [-0.2, -0.15) is 13.2 Å². The molecule has 3 rings (SSSR count). The van der Waals surface area contributed by atoms with E-state index in [1.807, 2.05) is 30.3 Å². The van der Waals surface area contributed by atoms with Crippen molar-refractivity contribution in [1.82, 2.24) is 15.1 Å². The van der Waals surface area contributed by atoms with Crippen molar-refractivity contribution in [3.8, 4) is 0 Å². The maximum Gasteiger partial charge on any atom is 0.416 e. The van der Waals surface area contributed by atoms with Crippen LogP contribution in [0.1, 0.15) is 49.4 Å². The first kappa shape index (κ1) is 24.3. The number of benzene rings is 2. The first-order chi connectivity index (χ1) is 15.3. The topological polar surface area (TPSA) is 35.6 Å². The molecule has 1 heterocycles. The Kier molecular flexibility index (Phi) is 8.32. The van der Waals surface area contributed by atoms with Gasteiger partial charge in [-0.05, 0) is 43.1 Å². The summed E-state index contributed by atoms with van der Waals surface area (Å²) in [7, 11) is 0. The van der Waals surface area contributed by atoms with Gasteiger partial charge in [-0.3, -0.25) is 14.6 Å². The maximum absolute atomic E-state index is 13.2. The van der Waals surface area contributed by atoms with Crippen molar-refractivity contribution in [2.75, 3.05) is 26.2 Å². The summed E-state index contributed by atoms with van der Waals surface area (Å²) in [6, 6.07) is 15.1. The highest BCUT2D eigenvalue weighted by atomic mass is 19.4. The van der Waals surface area contributed by atoms with Crippen LogP contribution in [-0.2, 0) is 17.5 Å². The SMILES string of the molecule is CCN(CC)C(C(=O)NC1CCN(Cc2cccc(C(F)(F)F)c2)CC1)c1ccccc1. The van der Waals surface area contributed by atoms with Gasteiger partial charge in [-0.25, -0.2) is 0 Å². The average molecular weight is 448 g/mol. The lowest BCUT2D eigenvalue weighted by atomic mass is 10.0. The molecule has 0 aliphatic carbocycles. The van der Waals surface area contributed by atoms with Gasteiger partial charge in [0, 0.05) is 25.7 Å². The molecule has 32 heavy (non-hydrogen) atoms. The predicted octanol–water partition coefficient (Wildman–Crippen LogP) is 4.87. The van der Waals surface area contributed by atoms with E-state index in [9.17, 15) is 18.0 Å². The number of halogens is 3. The van der Waals surface area contributed by atoms with Gasteiger partial charge in [0.1, 0.15) is 6.04 Å². The van der Waals surface area contributed by atoms with Crippen molar-refractivity contribution in [2.45, 2.75) is 51.5 Å². The van der Waals surface area contributed by atoms with Crippen molar-refractivity contribution >= 4 is 5.91 Å². The molecule has 0 spiro atoms.